The Hall–Kier alpha value is -1.06. The standard InChI is InChI=1S/C23H37NO2/c1-4-9-19(10-7-6-8-15-24-3)23-14-13-22(26-23)17-21(25)12-11-20(22)16-18(23)5-2/h5,8,15-16,19,21,24-25H,4,6-7,9-14,17H2,1-3H3/b15-8-,18-5-/t19-,21+,22-,23-/m1/s1. The molecule has 3 heteroatoms. The molecule has 1 aliphatic carbocycles. The molecule has 4 atom stereocenters. The minimum Gasteiger partial charge on any atom is -0.394 e. The molecule has 0 aromatic heterocycles. The summed E-state index contributed by atoms with van der Waals surface area (Å²) >= 11 is 0. The van der Waals surface area contributed by atoms with Crippen LogP contribution in [-0.2, 0) is 4.74 Å². The average Bonchev–Trinajstić information content (AvgIpc) is 2.95. The van der Waals surface area contributed by atoms with Gasteiger partial charge >= 0.3 is 0 Å². The number of allylic oxidation sites excluding steroid dienone is 2. The van der Waals surface area contributed by atoms with E-state index in [9.17, 15) is 5.11 Å². The summed E-state index contributed by atoms with van der Waals surface area (Å²) < 4.78 is 7.02. The molecule has 1 spiro atoms. The smallest absolute Gasteiger partial charge is 0.0969 e. The normalized spacial score (nSPS) is 36.2. The predicted molar refractivity (Wildman–Crippen MR) is 108 cm³/mol. The summed E-state index contributed by atoms with van der Waals surface area (Å²) in [5.74, 6) is 0.568. The zero-order valence-electron chi connectivity index (χ0n) is 16.9. The van der Waals surface area contributed by atoms with E-state index < -0.39 is 0 Å². The van der Waals surface area contributed by atoms with E-state index in [1.807, 2.05) is 13.2 Å². The van der Waals surface area contributed by atoms with E-state index in [0.29, 0.717) is 5.92 Å². The number of ether oxygens (including phenoxy) is 1. The molecule has 0 aromatic rings. The highest BCUT2D eigenvalue weighted by Crippen LogP contribution is 2.59. The van der Waals surface area contributed by atoms with Crippen molar-refractivity contribution >= 4 is 0 Å². The van der Waals surface area contributed by atoms with Gasteiger partial charge in [0.05, 0.1) is 17.3 Å². The van der Waals surface area contributed by atoms with Gasteiger partial charge in [-0.1, -0.05) is 31.6 Å². The molecule has 0 unspecified atom stereocenters. The van der Waals surface area contributed by atoms with E-state index in [1.165, 1.54) is 36.8 Å². The minimum atomic E-state index is -0.202. The van der Waals surface area contributed by atoms with Gasteiger partial charge in [0.25, 0.3) is 0 Å². The van der Waals surface area contributed by atoms with Crippen LogP contribution < -0.4 is 5.32 Å². The van der Waals surface area contributed by atoms with Crippen molar-refractivity contribution in [1.82, 2.24) is 5.32 Å². The summed E-state index contributed by atoms with van der Waals surface area (Å²) in [6, 6.07) is 0. The van der Waals surface area contributed by atoms with Crippen LogP contribution in [0, 0.1) is 5.92 Å². The fraction of sp³-hybridized carbons (Fsp3) is 0.739. The van der Waals surface area contributed by atoms with Gasteiger partial charge in [0, 0.05) is 13.5 Å². The first-order valence-electron chi connectivity index (χ1n) is 10.7. The first-order chi connectivity index (χ1) is 12.6. The molecule has 3 rings (SSSR count). The number of aliphatic hydroxyl groups excluding tert-OH is 1. The monoisotopic (exact) mass is 359 g/mol. The van der Waals surface area contributed by atoms with Crippen LogP contribution in [0.3, 0.4) is 0 Å². The predicted octanol–water partition coefficient (Wildman–Crippen LogP) is 5.03. The molecule has 0 radical (unpaired) electrons. The van der Waals surface area contributed by atoms with Gasteiger partial charge in [-0.05, 0) is 81.6 Å². The van der Waals surface area contributed by atoms with Gasteiger partial charge in [0.15, 0.2) is 0 Å². The topological polar surface area (TPSA) is 41.5 Å². The Morgan fingerprint density at radius 1 is 1.38 bits per heavy atom. The molecule has 2 fully saturated rings. The van der Waals surface area contributed by atoms with Crippen LogP contribution in [0.1, 0.15) is 78.1 Å². The Labute approximate surface area is 159 Å². The maximum Gasteiger partial charge on any atom is 0.0969 e. The molecule has 2 N–H and O–H groups in total. The summed E-state index contributed by atoms with van der Waals surface area (Å²) in [4.78, 5) is 0. The van der Waals surface area contributed by atoms with E-state index in [2.05, 4.69) is 37.4 Å². The third kappa shape index (κ3) is 3.53. The number of fused-ring (bicyclic) bond motifs is 1. The van der Waals surface area contributed by atoms with Crippen LogP contribution in [0.5, 0.6) is 0 Å². The van der Waals surface area contributed by atoms with E-state index in [4.69, 9.17) is 4.74 Å². The molecule has 1 saturated carbocycles. The Morgan fingerprint density at radius 3 is 2.96 bits per heavy atom. The lowest BCUT2D eigenvalue weighted by Crippen LogP contribution is -2.49. The summed E-state index contributed by atoms with van der Waals surface area (Å²) in [6.07, 6.45) is 19.6. The molecule has 0 amide bonds. The van der Waals surface area contributed by atoms with Crippen LogP contribution in [0.15, 0.2) is 35.6 Å². The van der Waals surface area contributed by atoms with Gasteiger partial charge in [-0.3, -0.25) is 0 Å². The van der Waals surface area contributed by atoms with Gasteiger partial charge in [-0.2, -0.15) is 0 Å². The number of unbranched alkanes of at least 4 members (excludes halogenated alkanes) is 1. The van der Waals surface area contributed by atoms with Gasteiger partial charge < -0.3 is 15.2 Å². The van der Waals surface area contributed by atoms with E-state index >= 15 is 0 Å². The van der Waals surface area contributed by atoms with Crippen molar-refractivity contribution in [2.45, 2.75) is 95.4 Å². The minimum absolute atomic E-state index is 0.127. The number of nitrogens with one attached hydrogen (secondary N) is 1. The van der Waals surface area contributed by atoms with Gasteiger partial charge in [-0.15, -0.1) is 0 Å². The van der Waals surface area contributed by atoms with Crippen LogP contribution in [0.4, 0.5) is 0 Å². The van der Waals surface area contributed by atoms with E-state index in [0.717, 1.165) is 38.5 Å². The molecule has 3 nitrogen and oxygen atoms in total. The first kappa shape index (κ1) is 19.7. The average molecular weight is 360 g/mol. The van der Waals surface area contributed by atoms with Gasteiger partial charge in [-0.25, -0.2) is 0 Å². The highest BCUT2D eigenvalue weighted by atomic mass is 16.5. The van der Waals surface area contributed by atoms with Gasteiger partial charge in [0.2, 0.25) is 0 Å². The maximum atomic E-state index is 10.3. The Bertz CT molecular complexity index is 579. The molecule has 3 aliphatic rings. The third-order valence-corrected chi connectivity index (χ3v) is 6.81. The summed E-state index contributed by atoms with van der Waals surface area (Å²) in [5, 5.41) is 13.4. The largest absolute Gasteiger partial charge is 0.394 e. The van der Waals surface area contributed by atoms with Crippen molar-refractivity contribution in [3.8, 4) is 0 Å². The first-order valence-corrected chi connectivity index (χ1v) is 10.7. The molecule has 2 bridgehead atoms. The fourth-order valence-electron chi connectivity index (χ4n) is 5.58. The van der Waals surface area contributed by atoms with Crippen molar-refractivity contribution < 1.29 is 9.84 Å². The number of hydrogen-bond donors (Lipinski definition) is 2. The van der Waals surface area contributed by atoms with Crippen LogP contribution in [-0.4, -0.2) is 29.5 Å². The van der Waals surface area contributed by atoms with E-state index in [-0.39, 0.29) is 17.3 Å². The number of hydrogen-bond acceptors (Lipinski definition) is 3. The fourth-order valence-corrected chi connectivity index (χ4v) is 5.58. The summed E-state index contributed by atoms with van der Waals surface area (Å²) in [7, 11) is 1.95. The number of aliphatic hydroxyl groups is 1. The molecular weight excluding hydrogens is 322 g/mol. The zero-order valence-corrected chi connectivity index (χ0v) is 16.9. The lowest BCUT2D eigenvalue weighted by molar-refractivity contribution is -0.126. The SMILES string of the molecule is C/C=C1/C=C2CC[C@H](O)C[C@]23CC[C@@]1([C@H](CCC)CCC/C=C\NC)O3. The Balaban J connectivity index is 1.83. The summed E-state index contributed by atoms with van der Waals surface area (Å²) in [6.45, 7) is 4.46. The zero-order chi connectivity index (χ0) is 18.6. The molecule has 26 heavy (non-hydrogen) atoms. The quantitative estimate of drug-likeness (QED) is 0.598. The second kappa shape index (κ2) is 8.31. The molecular formula is C23H37NO2. The second-order valence-electron chi connectivity index (χ2n) is 8.40. The van der Waals surface area contributed by atoms with Crippen molar-refractivity contribution in [3.63, 3.8) is 0 Å². The second-order valence-corrected chi connectivity index (χ2v) is 8.40. The van der Waals surface area contributed by atoms with Crippen molar-refractivity contribution in [2.24, 2.45) is 5.92 Å². The molecule has 2 heterocycles. The molecule has 146 valence electrons. The van der Waals surface area contributed by atoms with Crippen LogP contribution in [0.2, 0.25) is 0 Å². The Kier molecular flexibility index (Phi) is 6.29. The van der Waals surface area contributed by atoms with Crippen molar-refractivity contribution in [1.29, 1.82) is 0 Å². The van der Waals surface area contributed by atoms with Gasteiger partial charge in [0.1, 0.15) is 0 Å². The molecule has 1 saturated heterocycles. The Morgan fingerprint density at radius 2 is 2.23 bits per heavy atom. The number of rotatable bonds is 8. The third-order valence-electron chi connectivity index (χ3n) is 6.81. The van der Waals surface area contributed by atoms with Crippen molar-refractivity contribution in [3.05, 3.63) is 35.6 Å². The van der Waals surface area contributed by atoms with Crippen LogP contribution >= 0.6 is 0 Å². The lowest BCUT2D eigenvalue weighted by atomic mass is 9.73. The van der Waals surface area contributed by atoms with Crippen molar-refractivity contribution in [2.75, 3.05) is 7.05 Å². The van der Waals surface area contributed by atoms with Crippen LogP contribution in [0.25, 0.3) is 0 Å². The highest BCUT2D eigenvalue weighted by Gasteiger charge is 2.59. The maximum absolute atomic E-state index is 10.3. The molecule has 2 aliphatic heterocycles. The summed E-state index contributed by atoms with van der Waals surface area (Å²) in [5.41, 5.74) is 2.54. The molecule has 0 aromatic carbocycles. The van der Waals surface area contributed by atoms with E-state index in [1.54, 1.807) is 0 Å². The highest BCUT2D eigenvalue weighted by molar-refractivity contribution is 5.44. The lowest BCUT2D eigenvalue weighted by Gasteiger charge is -2.48.